The maximum Gasteiger partial charge on any atom is 0.164 e. The van der Waals surface area contributed by atoms with Crippen LogP contribution >= 0.6 is 34.8 Å². The zero-order chi connectivity index (χ0) is 101. The molecule has 6 aromatic carbocycles. The molecule has 710 valence electrons. The number of fused-ring (bicyclic) bond motifs is 6. The molecule has 0 saturated heterocycles. The van der Waals surface area contributed by atoms with Gasteiger partial charge in [-0.15, -0.1) is 0 Å². The first-order chi connectivity index (χ1) is 70.4. The van der Waals surface area contributed by atoms with E-state index in [9.17, 15) is 22.0 Å². The van der Waals surface area contributed by atoms with E-state index in [4.69, 9.17) is 46.3 Å². The number of pyridine rings is 12. The molecule has 25 nitrogen and oxygen atoms in total. The molecule has 4 N–H and O–H groups in total. The number of halogens is 8. The first kappa shape index (κ1) is 95.8. The number of rotatable bonds is 12. The molecule has 145 heavy (non-hydrogen) atoms. The van der Waals surface area contributed by atoms with Crippen molar-refractivity contribution < 1.29 is 22.0 Å². The fraction of sp³-hybridized carbons (Fsp3) is 0.0625. The third-order valence-electron chi connectivity index (χ3n) is 24.2. The highest BCUT2D eigenvalue weighted by molar-refractivity contribution is 6.31. The van der Waals surface area contributed by atoms with Crippen LogP contribution in [0.3, 0.4) is 0 Å². The van der Waals surface area contributed by atoms with Crippen molar-refractivity contribution in [2.75, 3.05) is 11.5 Å². The van der Waals surface area contributed by atoms with Crippen molar-refractivity contribution in [2.24, 2.45) is 0 Å². The predicted molar refractivity (Wildman–Crippen MR) is 558 cm³/mol. The molecule has 0 amide bonds. The largest absolute Gasteiger partial charge is 0.383 e. The van der Waals surface area contributed by atoms with Gasteiger partial charge in [0.2, 0.25) is 0 Å². The molecule has 0 saturated carbocycles. The third kappa shape index (κ3) is 20.4. The maximum absolute atomic E-state index is 13.6. The number of imidazole rings is 1. The molecule has 0 aliphatic rings. The van der Waals surface area contributed by atoms with Gasteiger partial charge in [-0.1, -0.05) is 83.3 Å². The minimum absolute atomic E-state index is 0.0448. The molecule has 18 aromatic heterocycles. The maximum atomic E-state index is 13.6. The Morgan fingerprint density at radius 3 is 0.945 bits per heavy atom. The monoisotopic (exact) mass is 1980 g/mol. The number of aromatic nitrogens is 23. The number of nitrogens with zero attached hydrogens (tertiary/aromatic N) is 23. The molecular formula is C112H81Cl3F5N25. The van der Waals surface area contributed by atoms with Gasteiger partial charge in [0, 0.05) is 190 Å². The van der Waals surface area contributed by atoms with E-state index in [2.05, 4.69) is 126 Å². The van der Waals surface area contributed by atoms with Crippen LogP contribution in [-0.2, 0) is 0 Å². The van der Waals surface area contributed by atoms with E-state index < -0.39 is 11.6 Å². The Kier molecular flexibility index (Phi) is 27.8. The number of aryl methyl sites for hydroxylation is 7. The molecule has 0 atom stereocenters. The van der Waals surface area contributed by atoms with E-state index in [1.54, 1.807) is 142 Å². The molecule has 0 bridgehead atoms. The SMILES string of the molecule is Cc1c(-c2cccnc2-c2ccc(F)c(Cl)c2)ccc2ncnn12.Cc1c(-c2cccnc2-c2cccc(Cl)c2)ccc2ncnn12.Cc1cc(-c2ncccc2-c2ccc3ncnn3c2C)ccc1F.Cc1cc(-c2ncccc2-c2cn3ccnc3cc2C)ccc1F.Cc1cc(-c2ncccc2-c2cnc3ncnc(N)c3c2)ccc1F.Nc1ncnc2ncc(-c3cccnc3-c3ccc(F)c(Cl)c3)cc12. The smallest absolute Gasteiger partial charge is 0.164 e. The lowest BCUT2D eigenvalue weighted by Gasteiger charge is -2.12. The van der Waals surface area contributed by atoms with Crippen LogP contribution < -0.4 is 11.5 Å². The van der Waals surface area contributed by atoms with Crippen molar-refractivity contribution in [3.8, 4) is 134 Å². The molecule has 33 heteroatoms. The lowest BCUT2D eigenvalue weighted by Crippen LogP contribution is -1.98. The van der Waals surface area contributed by atoms with Crippen molar-refractivity contribution in [3.63, 3.8) is 0 Å². The van der Waals surface area contributed by atoms with E-state index in [1.807, 2.05) is 186 Å². The topological polar surface area (TPSA) is 315 Å². The quantitative estimate of drug-likeness (QED) is 0.107. The van der Waals surface area contributed by atoms with Gasteiger partial charge in [-0.05, 0) is 265 Å². The number of hydrogen-bond donors (Lipinski definition) is 2. The Bertz CT molecular complexity index is 8550. The Labute approximate surface area is 840 Å². The number of hydrogen-bond acceptors (Lipinski definition) is 21. The summed E-state index contributed by atoms with van der Waals surface area (Å²) in [5.74, 6) is -0.836. The van der Waals surface area contributed by atoms with Crippen molar-refractivity contribution in [2.45, 2.75) is 48.5 Å². The average Bonchev–Trinajstić information content (AvgIpc) is 1.79. The van der Waals surface area contributed by atoms with Crippen LogP contribution in [0.1, 0.15) is 39.3 Å². The molecule has 0 fully saturated rings. The fourth-order valence-electron chi connectivity index (χ4n) is 16.9. The zero-order valence-corrected chi connectivity index (χ0v) is 80.6. The van der Waals surface area contributed by atoms with Crippen molar-refractivity contribution >= 4 is 91.1 Å². The highest BCUT2D eigenvalue weighted by Crippen LogP contribution is 2.42. The molecule has 0 aliphatic heterocycles. The summed E-state index contributed by atoms with van der Waals surface area (Å²) in [6, 6.07) is 73.0. The summed E-state index contributed by atoms with van der Waals surface area (Å²) in [5, 5.41) is 15.0. The first-order valence-electron chi connectivity index (χ1n) is 45.2. The number of nitrogens with two attached hydrogens (primary N) is 2. The van der Waals surface area contributed by atoms with Crippen LogP contribution in [0.5, 0.6) is 0 Å². The molecular weight excluding hydrogens is 1900 g/mol. The average molecular weight is 1980 g/mol. The van der Waals surface area contributed by atoms with Crippen LogP contribution in [0.25, 0.3) is 179 Å². The molecule has 0 radical (unpaired) electrons. The molecule has 0 spiro atoms. The second-order valence-corrected chi connectivity index (χ2v) is 34.7. The highest BCUT2D eigenvalue weighted by Gasteiger charge is 2.23. The number of benzene rings is 6. The number of anilines is 2. The predicted octanol–water partition coefficient (Wildman–Crippen LogP) is 25.9. The Morgan fingerprint density at radius 2 is 0.586 bits per heavy atom. The van der Waals surface area contributed by atoms with Crippen molar-refractivity contribution in [3.05, 3.63) is 426 Å². The lowest BCUT2D eigenvalue weighted by atomic mass is 9.97. The van der Waals surface area contributed by atoms with Gasteiger partial charge in [0.05, 0.1) is 55.0 Å². The second-order valence-electron chi connectivity index (χ2n) is 33.4. The Morgan fingerprint density at radius 1 is 0.248 bits per heavy atom. The molecule has 0 unspecified atom stereocenters. The van der Waals surface area contributed by atoms with Crippen LogP contribution in [0.15, 0.2) is 342 Å². The van der Waals surface area contributed by atoms with Gasteiger partial charge in [0.1, 0.15) is 78.0 Å². The van der Waals surface area contributed by atoms with E-state index in [-0.39, 0.29) is 27.5 Å². The summed E-state index contributed by atoms with van der Waals surface area (Å²) in [4.78, 5) is 68.9. The lowest BCUT2D eigenvalue weighted by molar-refractivity contribution is 0.618. The molecule has 18 heterocycles. The van der Waals surface area contributed by atoms with Crippen LogP contribution in [0.4, 0.5) is 33.6 Å². The second kappa shape index (κ2) is 42.1. The van der Waals surface area contributed by atoms with Gasteiger partial charge >= 0.3 is 0 Å². The van der Waals surface area contributed by atoms with E-state index in [0.717, 1.165) is 168 Å². The third-order valence-corrected chi connectivity index (χ3v) is 25.0. The van der Waals surface area contributed by atoms with Gasteiger partial charge in [-0.25, -0.2) is 85.3 Å². The fourth-order valence-corrected chi connectivity index (χ4v) is 17.5. The Balaban J connectivity index is 0.000000110. The molecule has 0 aliphatic carbocycles. The van der Waals surface area contributed by atoms with E-state index >= 15 is 0 Å². The van der Waals surface area contributed by atoms with Crippen LogP contribution in [0, 0.1) is 77.6 Å². The standard InChI is InChI=1S/C20H16FN3.C19H14FN5.C19H15FN4.C18H11ClFN5.C18H12ClFN4.C18H13ClN4/c1-13-11-19-22-8-9-24(19)12-17(13)16-4-3-7-23-20(16)15-5-6-18(21)14(2)10-15;1-11-7-12(4-5-16(11)20)17-14(3-2-6-22-17)13-8-15-18(21)24-10-25-19(15)23-9-13;1-12-10-14(5-7-17(12)20)19-16(4-3-9-21-19)15-6-8-18-22-11-23-24(18)13(15)2;19-14-7-10(3-4-15(14)20)16-12(2-1-5-22-16)11-6-13-17(21)24-9-25-18(13)23-8-11;1-11-13(5-7-17-22-10-23-24(11)17)14-3-2-8-21-18(14)12-4-6-16(20)15(19)9-12;1-12-15(7-8-17-21-11-22-23(12)17)16-6-3-9-20-18(16)13-4-2-5-14(19)10-13/h3-12H,1-2H3;2-10H,1H3,(H2,21,23,24,25);3-11H,1-2H3;1-9H,(H2,21,23,24,25);2-10H,1H3;2-11H,1H3. The van der Waals surface area contributed by atoms with Gasteiger partial charge < -0.3 is 15.9 Å². The van der Waals surface area contributed by atoms with E-state index in [1.165, 1.54) is 49.3 Å². The Hall–Kier alpha value is -18.1. The molecule has 24 aromatic rings. The van der Waals surface area contributed by atoms with Gasteiger partial charge in [0.15, 0.2) is 28.2 Å². The summed E-state index contributed by atoms with van der Waals surface area (Å²) in [6.45, 7) is 13.3. The van der Waals surface area contributed by atoms with Gasteiger partial charge in [-0.2, -0.15) is 15.3 Å². The minimum atomic E-state index is -0.472. The summed E-state index contributed by atoms with van der Waals surface area (Å²) >= 11 is 18.0. The van der Waals surface area contributed by atoms with Crippen LogP contribution in [0.2, 0.25) is 15.1 Å². The normalized spacial score (nSPS) is 11.1. The zero-order valence-electron chi connectivity index (χ0n) is 78.3. The minimum Gasteiger partial charge on any atom is -0.383 e. The summed E-state index contributed by atoms with van der Waals surface area (Å²) in [5.41, 5.74) is 43.5. The molecule has 24 rings (SSSR count). The summed E-state index contributed by atoms with van der Waals surface area (Å²) in [7, 11) is 0. The summed E-state index contributed by atoms with van der Waals surface area (Å²) < 4.78 is 75.2. The van der Waals surface area contributed by atoms with Gasteiger partial charge in [-0.3, -0.25) is 29.9 Å². The first-order valence-corrected chi connectivity index (χ1v) is 46.3. The number of nitrogen functional groups attached to an aromatic ring is 2. The highest BCUT2D eigenvalue weighted by atomic mass is 35.5. The van der Waals surface area contributed by atoms with Crippen LogP contribution in [-0.4, -0.2) is 113 Å². The van der Waals surface area contributed by atoms with E-state index in [0.29, 0.717) is 66.7 Å². The van der Waals surface area contributed by atoms with Crippen molar-refractivity contribution in [1.82, 2.24) is 113 Å². The van der Waals surface area contributed by atoms with Crippen molar-refractivity contribution in [1.29, 1.82) is 0 Å². The van der Waals surface area contributed by atoms with Gasteiger partial charge in [0.25, 0.3) is 0 Å². The summed E-state index contributed by atoms with van der Waals surface area (Å²) in [6.07, 6.45) is 27.0.